The SMILES string of the molecule is C=C[As].c1ccncc1. The van der Waals surface area contributed by atoms with E-state index in [0.29, 0.717) is 0 Å². The molecule has 0 N–H and O–H groups in total. The fourth-order valence-electron chi connectivity index (χ4n) is 0.313. The smallest absolute Gasteiger partial charge is 0.0267 e. The molecule has 1 rings (SSSR count). The van der Waals surface area contributed by atoms with Crippen molar-refractivity contribution in [3.8, 4) is 0 Å². The van der Waals surface area contributed by atoms with Crippen molar-refractivity contribution >= 4 is 16.9 Å². The van der Waals surface area contributed by atoms with Gasteiger partial charge in [0.1, 0.15) is 0 Å². The van der Waals surface area contributed by atoms with Crippen LogP contribution in [-0.2, 0) is 0 Å². The first-order valence-corrected chi connectivity index (χ1v) is 3.60. The molecule has 1 aromatic heterocycles. The second-order valence-corrected chi connectivity index (χ2v) is 1.97. The van der Waals surface area contributed by atoms with Crippen LogP contribution in [0.4, 0.5) is 0 Å². The number of aromatic nitrogens is 1. The first-order valence-electron chi connectivity index (χ1n) is 2.52. The Bertz CT molecular complexity index is 112. The average Bonchev–Trinajstić information content (AvgIpc) is 1.93. The van der Waals surface area contributed by atoms with E-state index >= 15 is 0 Å². The molecule has 0 atom stereocenters. The molecule has 0 aliphatic heterocycles. The molecule has 0 saturated heterocycles. The molecule has 0 amide bonds. The Labute approximate surface area is 64.3 Å². The van der Waals surface area contributed by atoms with E-state index in [2.05, 4.69) is 28.4 Å². The maximum atomic E-state index is 3.78. The minimum absolute atomic E-state index is 1.69. The second kappa shape index (κ2) is 7.45. The van der Waals surface area contributed by atoms with Gasteiger partial charge in [0.25, 0.3) is 0 Å². The molecular weight excluding hydrogens is 173 g/mol. The van der Waals surface area contributed by atoms with Gasteiger partial charge in [-0.3, -0.25) is 4.98 Å². The zero-order valence-corrected chi connectivity index (χ0v) is 6.94. The molecule has 0 fully saturated rings. The predicted octanol–water partition coefficient (Wildman–Crippen LogP) is 1.38. The van der Waals surface area contributed by atoms with Crippen LogP contribution in [0.5, 0.6) is 0 Å². The van der Waals surface area contributed by atoms with Crippen LogP contribution in [0.3, 0.4) is 0 Å². The molecule has 1 heterocycles. The maximum Gasteiger partial charge on any atom is 0.0267 e. The predicted molar refractivity (Wildman–Crippen MR) is 40.2 cm³/mol. The van der Waals surface area contributed by atoms with Gasteiger partial charge in [0.15, 0.2) is 0 Å². The van der Waals surface area contributed by atoms with E-state index in [1.807, 2.05) is 18.2 Å². The molecular formula is C7H8AsN. The number of hydrogen-bond acceptors (Lipinski definition) is 1. The van der Waals surface area contributed by atoms with Crippen LogP contribution >= 0.6 is 0 Å². The van der Waals surface area contributed by atoms with Gasteiger partial charge in [0, 0.05) is 12.4 Å². The number of hydrogen-bond donors (Lipinski definition) is 0. The van der Waals surface area contributed by atoms with Crippen LogP contribution in [0.2, 0.25) is 0 Å². The molecule has 9 heavy (non-hydrogen) atoms. The summed E-state index contributed by atoms with van der Waals surface area (Å²) in [5, 5.41) is 0. The van der Waals surface area contributed by atoms with Crippen LogP contribution < -0.4 is 0 Å². The molecule has 0 aliphatic rings. The van der Waals surface area contributed by atoms with Crippen molar-refractivity contribution in [3.05, 3.63) is 42.0 Å². The molecule has 0 bridgehead atoms. The molecule has 0 spiro atoms. The Kier molecular flexibility index (Phi) is 6.99. The van der Waals surface area contributed by atoms with E-state index in [4.69, 9.17) is 0 Å². The van der Waals surface area contributed by atoms with Gasteiger partial charge in [-0.1, -0.05) is 6.07 Å². The summed E-state index contributed by atoms with van der Waals surface area (Å²) in [7, 11) is 0. The van der Waals surface area contributed by atoms with E-state index in [1.54, 1.807) is 17.3 Å². The van der Waals surface area contributed by atoms with E-state index in [1.165, 1.54) is 0 Å². The average molecular weight is 181 g/mol. The van der Waals surface area contributed by atoms with E-state index in [9.17, 15) is 0 Å². The standard InChI is InChI=1S/C5H5N.C2H3As/c1-2-4-6-5-3-1;1-2-3/h1-5H;2H,1H2. The third kappa shape index (κ3) is 7.45. The first-order chi connectivity index (χ1) is 4.41. The fraction of sp³-hybridized carbons (Fsp3) is 0. The van der Waals surface area contributed by atoms with Crippen molar-refractivity contribution in [2.75, 3.05) is 0 Å². The Morgan fingerprint density at radius 2 is 1.67 bits per heavy atom. The third-order valence-corrected chi connectivity index (χ3v) is 0.566. The summed E-state index contributed by atoms with van der Waals surface area (Å²) >= 11 is 2.23. The molecule has 0 unspecified atom stereocenters. The minimum atomic E-state index is 1.69. The van der Waals surface area contributed by atoms with Crippen molar-refractivity contribution in [1.82, 2.24) is 4.98 Å². The molecule has 2 heteroatoms. The molecule has 0 saturated carbocycles. The Hall–Kier alpha value is -0.552. The van der Waals surface area contributed by atoms with Gasteiger partial charge in [-0.05, 0) is 12.1 Å². The van der Waals surface area contributed by atoms with Gasteiger partial charge >= 0.3 is 28.3 Å². The Morgan fingerprint density at radius 3 is 1.78 bits per heavy atom. The van der Waals surface area contributed by atoms with Gasteiger partial charge < -0.3 is 0 Å². The molecule has 46 valence electrons. The third-order valence-electron chi connectivity index (χ3n) is 0.566. The van der Waals surface area contributed by atoms with Crippen LogP contribution in [0.1, 0.15) is 0 Å². The summed E-state index contributed by atoms with van der Waals surface area (Å²) in [6, 6.07) is 5.72. The summed E-state index contributed by atoms with van der Waals surface area (Å²) < 4.78 is 0. The maximum absolute atomic E-state index is 3.78. The number of nitrogens with zero attached hydrogens (tertiary/aromatic N) is 1. The van der Waals surface area contributed by atoms with Crippen molar-refractivity contribution in [1.29, 1.82) is 0 Å². The Balaban J connectivity index is 0.000000187. The van der Waals surface area contributed by atoms with Crippen LogP contribution in [0.25, 0.3) is 0 Å². The van der Waals surface area contributed by atoms with Crippen molar-refractivity contribution < 1.29 is 0 Å². The minimum Gasteiger partial charge on any atom is -0.265 e. The topological polar surface area (TPSA) is 12.9 Å². The monoisotopic (exact) mass is 181 g/mol. The van der Waals surface area contributed by atoms with Crippen LogP contribution in [-0.4, -0.2) is 21.8 Å². The Morgan fingerprint density at radius 1 is 1.22 bits per heavy atom. The van der Waals surface area contributed by atoms with E-state index in [-0.39, 0.29) is 0 Å². The second-order valence-electron chi connectivity index (χ2n) is 1.21. The van der Waals surface area contributed by atoms with Gasteiger partial charge in [0.2, 0.25) is 0 Å². The van der Waals surface area contributed by atoms with E-state index < -0.39 is 0 Å². The largest absolute Gasteiger partial charge is 0.265 e. The summed E-state index contributed by atoms with van der Waals surface area (Å²) in [5.74, 6) is 0. The summed E-state index contributed by atoms with van der Waals surface area (Å²) in [6.45, 7) is 3.33. The van der Waals surface area contributed by atoms with E-state index in [0.717, 1.165) is 0 Å². The van der Waals surface area contributed by atoms with Gasteiger partial charge in [0.05, 0.1) is 0 Å². The molecule has 1 aromatic rings. The number of rotatable bonds is 0. The van der Waals surface area contributed by atoms with Gasteiger partial charge in [-0.25, -0.2) is 0 Å². The van der Waals surface area contributed by atoms with Crippen molar-refractivity contribution in [2.24, 2.45) is 0 Å². The number of pyridine rings is 1. The molecule has 1 nitrogen and oxygen atoms in total. The van der Waals surface area contributed by atoms with Gasteiger partial charge in [-0.15, -0.1) is 0 Å². The normalized spacial score (nSPS) is 6.78. The fourth-order valence-corrected chi connectivity index (χ4v) is 0.313. The molecule has 2 radical (unpaired) electrons. The zero-order chi connectivity index (χ0) is 6.95. The molecule has 0 aromatic carbocycles. The summed E-state index contributed by atoms with van der Waals surface area (Å²) in [5.41, 5.74) is 0. The quantitative estimate of drug-likeness (QED) is 0.551. The van der Waals surface area contributed by atoms with Crippen LogP contribution in [0, 0.1) is 0 Å². The summed E-state index contributed by atoms with van der Waals surface area (Å²) in [6.07, 6.45) is 3.50. The molecule has 0 aliphatic carbocycles. The zero-order valence-electron chi connectivity index (χ0n) is 5.07. The van der Waals surface area contributed by atoms with Gasteiger partial charge in [-0.2, -0.15) is 0 Å². The summed E-state index contributed by atoms with van der Waals surface area (Å²) in [4.78, 5) is 5.47. The van der Waals surface area contributed by atoms with Crippen LogP contribution in [0.15, 0.2) is 42.0 Å². The first kappa shape index (κ1) is 8.45. The van der Waals surface area contributed by atoms with Crippen molar-refractivity contribution in [2.45, 2.75) is 0 Å². The van der Waals surface area contributed by atoms with Crippen molar-refractivity contribution in [3.63, 3.8) is 0 Å².